The monoisotopic (exact) mass is 362 g/mol. The molecule has 0 aromatic carbocycles. The summed E-state index contributed by atoms with van der Waals surface area (Å²) in [5.41, 5.74) is 4.54. The zero-order valence-corrected chi connectivity index (χ0v) is 13.6. The van der Waals surface area contributed by atoms with Crippen molar-refractivity contribution < 1.29 is 28.5 Å². The van der Waals surface area contributed by atoms with Gasteiger partial charge in [0.05, 0.1) is 12.6 Å². The van der Waals surface area contributed by atoms with Crippen LogP contribution in [0.5, 0.6) is 0 Å². The normalized spacial score (nSPS) is 26.6. The SMILES string of the molecule is CC(C)C(N)C(=O)Nc1ccn(C2OC(CO)C(O)C2(F)F)c(=O)n1. The first kappa shape index (κ1) is 19.4. The van der Waals surface area contributed by atoms with E-state index in [2.05, 4.69) is 10.3 Å². The Bertz CT molecular complexity index is 696. The smallest absolute Gasteiger partial charge is 0.351 e. The lowest BCUT2D eigenvalue weighted by Gasteiger charge is -2.21. The summed E-state index contributed by atoms with van der Waals surface area (Å²) in [5, 5.41) is 20.8. The molecule has 1 aliphatic heterocycles. The Labute approximate surface area is 141 Å². The number of aromatic nitrogens is 2. The van der Waals surface area contributed by atoms with Gasteiger partial charge >= 0.3 is 11.6 Å². The lowest BCUT2D eigenvalue weighted by molar-refractivity contribution is -0.141. The maximum atomic E-state index is 14.1. The minimum absolute atomic E-state index is 0.150. The first-order valence-corrected chi connectivity index (χ1v) is 7.57. The molecule has 0 radical (unpaired) electrons. The molecule has 1 fully saturated rings. The fourth-order valence-electron chi connectivity index (χ4n) is 2.29. The highest BCUT2D eigenvalue weighted by molar-refractivity contribution is 5.93. The van der Waals surface area contributed by atoms with E-state index < -0.39 is 48.6 Å². The van der Waals surface area contributed by atoms with Gasteiger partial charge in [0.2, 0.25) is 12.1 Å². The summed E-state index contributed by atoms with van der Waals surface area (Å²) in [7, 11) is 0. The summed E-state index contributed by atoms with van der Waals surface area (Å²) >= 11 is 0. The molecular formula is C14H20F2N4O5. The van der Waals surface area contributed by atoms with E-state index in [-0.39, 0.29) is 11.7 Å². The molecule has 0 bridgehead atoms. The summed E-state index contributed by atoms with van der Waals surface area (Å²) in [4.78, 5) is 27.4. The maximum Gasteiger partial charge on any atom is 0.351 e. The van der Waals surface area contributed by atoms with E-state index in [0.29, 0.717) is 4.57 Å². The van der Waals surface area contributed by atoms with Crippen LogP contribution in [-0.2, 0) is 9.53 Å². The molecule has 2 heterocycles. The molecule has 1 saturated heterocycles. The largest absolute Gasteiger partial charge is 0.394 e. The summed E-state index contributed by atoms with van der Waals surface area (Å²) < 4.78 is 33.4. The van der Waals surface area contributed by atoms with Crippen LogP contribution in [0.1, 0.15) is 20.1 Å². The van der Waals surface area contributed by atoms with E-state index in [1.807, 2.05) is 0 Å². The molecule has 0 aliphatic carbocycles. The number of alkyl halides is 2. The van der Waals surface area contributed by atoms with Gasteiger partial charge in [-0.2, -0.15) is 13.8 Å². The van der Waals surface area contributed by atoms with Crippen molar-refractivity contribution in [3.63, 3.8) is 0 Å². The lowest BCUT2D eigenvalue weighted by Crippen LogP contribution is -2.42. The van der Waals surface area contributed by atoms with Crippen molar-refractivity contribution in [2.24, 2.45) is 11.7 Å². The number of nitrogens with two attached hydrogens (primary N) is 1. The van der Waals surface area contributed by atoms with Gasteiger partial charge in [0.15, 0.2) is 6.10 Å². The maximum absolute atomic E-state index is 14.1. The Balaban J connectivity index is 2.23. The molecule has 4 atom stereocenters. The number of carbonyl (C=O) groups is 1. The van der Waals surface area contributed by atoms with Crippen LogP contribution in [0.3, 0.4) is 0 Å². The fraction of sp³-hybridized carbons (Fsp3) is 0.643. The van der Waals surface area contributed by atoms with Gasteiger partial charge in [0.25, 0.3) is 0 Å². The predicted octanol–water partition coefficient (Wildman–Crippen LogP) is -0.949. The first-order chi connectivity index (χ1) is 11.6. The van der Waals surface area contributed by atoms with E-state index in [1.165, 1.54) is 0 Å². The molecule has 1 amide bonds. The van der Waals surface area contributed by atoms with Crippen LogP contribution in [0.4, 0.5) is 14.6 Å². The van der Waals surface area contributed by atoms with Crippen molar-refractivity contribution in [3.8, 4) is 0 Å². The van der Waals surface area contributed by atoms with Gasteiger partial charge in [0.1, 0.15) is 11.9 Å². The zero-order chi connectivity index (χ0) is 18.9. The molecule has 1 aromatic heterocycles. The van der Waals surface area contributed by atoms with Crippen molar-refractivity contribution in [2.45, 2.75) is 44.2 Å². The Morgan fingerprint density at radius 1 is 1.56 bits per heavy atom. The predicted molar refractivity (Wildman–Crippen MR) is 81.9 cm³/mol. The van der Waals surface area contributed by atoms with Crippen molar-refractivity contribution in [1.82, 2.24) is 9.55 Å². The van der Waals surface area contributed by atoms with Gasteiger partial charge < -0.3 is 26.0 Å². The number of halogens is 2. The topological polar surface area (TPSA) is 140 Å². The second-order valence-corrected chi connectivity index (χ2v) is 6.09. The Kier molecular flexibility index (Phi) is 5.52. The Morgan fingerprint density at radius 2 is 2.20 bits per heavy atom. The molecule has 2 rings (SSSR count). The summed E-state index contributed by atoms with van der Waals surface area (Å²) in [6.45, 7) is 2.63. The first-order valence-electron chi connectivity index (χ1n) is 7.57. The zero-order valence-electron chi connectivity index (χ0n) is 13.6. The summed E-state index contributed by atoms with van der Waals surface area (Å²) in [6, 6.07) is 0.303. The number of rotatable bonds is 5. The number of nitrogens with zero attached hydrogens (tertiary/aromatic N) is 2. The highest BCUT2D eigenvalue weighted by atomic mass is 19.3. The third kappa shape index (κ3) is 3.68. The van der Waals surface area contributed by atoms with Crippen molar-refractivity contribution in [2.75, 3.05) is 11.9 Å². The van der Waals surface area contributed by atoms with Crippen LogP contribution >= 0.6 is 0 Å². The molecule has 11 heteroatoms. The van der Waals surface area contributed by atoms with Crippen molar-refractivity contribution >= 4 is 11.7 Å². The minimum Gasteiger partial charge on any atom is -0.394 e. The number of aliphatic hydroxyl groups is 2. The van der Waals surface area contributed by atoms with Gasteiger partial charge in [-0.05, 0) is 12.0 Å². The van der Waals surface area contributed by atoms with E-state index in [4.69, 9.17) is 15.6 Å². The molecule has 0 saturated carbocycles. The van der Waals surface area contributed by atoms with Crippen molar-refractivity contribution in [3.05, 3.63) is 22.7 Å². The van der Waals surface area contributed by atoms with Gasteiger partial charge in [-0.15, -0.1) is 0 Å². The molecule has 0 spiro atoms. The average molecular weight is 362 g/mol. The van der Waals surface area contributed by atoms with Crippen LogP contribution in [-0.4, -0.2) is 56.5 Å². The van der Waals surface area contributed by atoms with Crippen LogP contribution in [0, 0.1) is 5.92 Å². The second-order valence-electron chi connectivity index (χ2n) is 6.09. The van der Waals surface area contributed by atoms with Crippen LogP contribution in [0.2, 0.25) is 0 Å². The van der Waals surface area contributed by atoms with E-state index in [1.54, 1.807) is 13.8 Å². The third-order valence-corrected chi connectivity index (χ3v) is 3.91. The molecule has 4 unspecified atom stereocenters. The molecular weight excluding hydrogens is 342 g/mol. The van der Waals surface area contributed by atoms with Crippen molar-refractivity contribution in [1.29, 1.82) is 0 Å². The summed E-state index contributed by atoms with van der Waals surface area (Å²) in [6.07, 6.45) is -4.97. The van der Waals surface area contributed by atoms with E-state index in [9.17, 15) is 23.5 Å². The number of carbonyl (C=O) groups excluding carboxylic acids is 1. The standard InChI is InChI=1S/C14H20F2N4O5/c1-6(2)9(17)11(23)18-8-3-4-20(13(24)19-8)12-14(15,16)10(22)7(5-21)25-12/h3-4,6-7,9-10,12,21-22H,5,17H2,1-2H3,(H,18,19,23,24). The van der Waals surface area contributed by atoms with Gasteiger partial charge in [-0.3, -0.25) is 9.36 Å². The van der Waals surface area contributed by atoms with Crippen LogP contribution in [0.15, 0.2) is 17.1 Å². The number of hydrogen-bond acceptors (Lipinski definition) is 7. The quantitative estimate of drug-likeness (QED) is 0.529. The number of amides is 1. The third-order valence-electron chi connectivity index (χ3n) is 3.91. The van der Waals surface area contributed by atoms with Gasteiger partial charge in [0, 0.05) is 6.20 Å². The number of nitrogens with one attached hydrogen (secondary N) is 1. The Morgan fingerprint density at radius 3 is 2.68 bits per heavy atom. The molecule has 25 heavy (non-hydrogen) atoms. The summed E-state index contributed by atoms with van der Waals surface area (Å²) in [5.74, 6) is -4.67. The second kappa shape index (κ2) is 7.12. The highest BCUT2D eigenvalue weighted by Gasteiger charge is 2.59. The van der Waals surface area contributed by atoms with E-state index in [0.717, 1.165) is 12.3 Å². The number of hydrogen-bond donors (Lipinski definition) is 4. The molecule has 5 N–H and O–H groups in total. The lowest BCUT2D eigenvalue weighted by atomic mass is 10.1. The van der Waals surface area contributed by atoms with Crippen LogP contribution < -0.4 is 16.7 Å². The molecule has 140 valence electrons. The number of ether oxygens (including phenoxy) is 1. The van der Waals surface area contributed by atoms with Gasteiger partial charge in [-0.25, -0.2) is 4.79 Å². The van der Waals surface area contributed by atoms with Gasteiger partial charge in [-0.1, -0.05) is 13.8 Å². The fourth-order valence-corrected chi connectivity index (χ4v) is 2.29. The highest BCUT2D eigenvalue weighted by Crippen LogP contribution is 2.41. The Hall–Kier alpha value is -1.95. The van der Waals surface area contributed by atoms with E-state index >= 15 is 0 Å². The molecule has 1 aliphatic rings. The molecule has 9 nitrogen and oxygen atoms in total. The van der Waals surface area contributed by atoms with Crippen LogP contribution in [0.25, 0.3) is 0 Å². The number of aliphatic hydroxyl groups excluding tert-OH is 2. The molecule has 1 aromatic rings. The number of anilines is 1. The minimum atomic E-state index is -3.80. The average Bonchev–Trinajstić information content (AvgIpc) is 2.77.